The molecule has 0 spiro atoms. The Bertz CT molecular complexity index is 456. The number of amides is 1. The molecule has 0 saturated heterocycles. The number of aromatic nitrogens is 1. The molecule has 6 heteroatoms. The SMILES string of the molecule is COc1ccc(C(N)=O)c(OC2CCC(N)CC2)n1. The van der Waals surface area contributed by atoms with Crippen molar-refractivity contribution in [3.63, 3.8) is 0 Å². The summed E-state index contributed by atoms with van der Waals surface area (Å²) in [4.78, 5) is 15.5. The molecule has 0 bridgehead atoms. The lowest BCUT2D eigenvalue weighted by Crippen LogP contribution is -2.32. The molecule has 1 saturated carbocycles. The Balaban J connectivity index is 2.15. The summed E-state index contributed by atoms with van der Waals surface area (Å²) in [7, 11) is 1.51. The van der Waals surface area contributed by atoms with Crippen molar-refractivity contribution in [1.82, 2.24) is 4.98 Å². The zero-order valence-corrected chi connectivity index (χ0v) is 11.0. The molecule has 0 unspecified atom stereocenters. The van der Waals surface area contributed by atoms with Gasteiger partial charge in [0.05, 0.1) is 7.11 Å². The molecule has 0 aliphatic heterocycles. The van der Waals surface area contributed by atoms with Crippen LogP contribution >= 0.6 is 0 Å². The zero-order chi connectivity index (χ0) is 13.8. The maximum Gasteiger partial charge on any atom is 0.254 e. The summed E-state index contributed by atoms with van der Waals surface area (Å²) in [5, 5.41) is 0. The van der Waals surface area contributed by atoms with Crippen LogP contribution in [0.2, 0.25) is 0 Å². The van der Waals surface area contributed by atoms with Crippen molar-refractivity contribution < 1.29 is 14.3 Å². The molecular weight excluding hydrogens is 246 g/mol. The molecule has 0 radical (unpaired) electrons. The lowest BCUT2D eigenvalue weighted by molar-refractivity contribution is 0.0982. The first-order chi connectivity index (χ1) is 9.10. The minimum absolute atomic E-state index is 0.0255. The normalized spacial score (nSPS) is 22.8. The second kappa shape index (κ2) is 5.88. The van der Waals surface area contributed by atoms with Crippen LogP contribution in [0.25, 0.3) is 0 Å². The highest BCUT2D eigenvalue weighted by atomic mass is 16.5. The number of carbonyl (C=O) groups excluding carboxylic acids is 1. The molecule has 1 fully saturated rings. The minimum atomic E-state index is -0.558. The summed E-state index contributed by atoms with van der Waals surface area (Å²) in [6, 6.07) is 3.40. The molecular formula is C13H19N3O3. The van der Waals surface area contributed by atoms with Gasteiger partial charge in [0.2, 0.25) is 11.8 Å². The fourth-order valence-corrected chi connectivity index (χ4v) is 2.18. The highest BCUT2D eigenvalue weighted by molar-refractivity contribution is 5.95. The molecule has 4 N–H and O–H groups in total. The highest BCUT2D eigenvalue weighted by Gasteiger charge is 2.22. The second-order valence-electron chi connectivity index (χ2n) is 4.73. The number of rotatable bonds is 4. The van der Waals surface area contributed by atoms with Gasteiger partial charge in [-0.25, -0.2) is 0 Å². The molecule has 1 heterocycles. The Kier molecular flexibility index (Phi) is 4.21. The van der Waals surface area contributed by atoms with Gasteiger partial charge >= 0.3 is 0 Å². The van der Waals surface area contributed by atoms with Gasteiger partial charge in [0.1, 0.15) is 11.7 Å². The molecule has 1 aliphatic rings. The van der Waals surface area contributed by atoms with E-state index >= 15 is 0 Å². The monoisotopic (exact) mass is 265 g/mol. The standard InChI is InChI=1S/C13H19N3O3/c1-18-11-7-6-10(12(15)17)13(16-11)19-9-4-2-8(14)3-5-9/h6-9H,2-5,14H2,1H3,(H2,15,17). The van der Waals surface area contributed by atoms with Gasteiger partial charge in [0.15, 0.2) is 0 Å². The zero-order valence-electron chi connectivity index (χ0n) is 11.0. The van der Waals surface area contributed by atoms with Crippen LogP contribution in [0.15, 0.2) is 12.1 Å². The van der Waals surface area contributed by atoms with Gasteiger partial charge in [0.25, 0.3) is 5.91 Å². The summed E-state index contributed by atoms with van der Waals surface area (Å²) in [5.74, 6) is 0.0810. The largest absolute Gasteiger partial charge is 0.481 e. The predicted octanol–water partition coefficient (Wildman–Crippen LogP) is 0.838. The van der Waals surface area contributed by atoms with Crippen molar-refractivity contribution in [3.05, 3.63) is 17.7 Å². The van der Waals surface area contributed by atoms with E-state index in [0.29, 0.717) is 5.88 Å². The van der Waals surface area contributed by atoms with Crippen molar-refractivity contribution >= 4 is 5.91 Å². The van der Waals surface area contributed by atoms with Gasteiger partial charge in [-0.3, -0.25) is 4.79 Å². The Hall–Kier alpha value is -1.82. The van der Waals surface area contributed by atoms with Crippen molar-refractivity contribution in [2.75, 3.05) is 7.11 Å². The number of carbonyl (C=O) groups is 1. The third-order valence-electron chi connectivity index (χ3n) is 3.31. The van der Waals surface area contributed by atoms with Crippen molar-refractivity contribution in [2.24, 2.45) is 11.5 Å². The summed E-state index contributed by atoms with van der Waals surface area (Å²) in [5.41, 5.74) is 11.4. The van der Waals surface area contributed by atoms with Crippen molar-refractivity contribution in [1.29, 1.82) is 0 Å². The van der Waals surface area contributed by atoms with E-state index in [4.69, 9.17) is 20.9 Å². The summed E-state index contributed by atoms with van der Waals surface area (Å²) in [6.45, 7) is 0. The number of pyridine rings is 1. The van der Waals surface area contributed by atoms with Gasteiger partial charge in [-0.1, -0.05) is 0 Å². The van der Waals surface area contributed by atoms with Crippen LogP contribution in [0, 0.1) is 0 Å². The van der Waals surface area contributed by atoms with Crippen LogP contribution in [0.3, 0.4) is 0 Å². The number of nitrogens with two attached hydrogens (primary N) is 2. The van der Waals surface area contributed by atoms with Crippen LogP contribution in [0.5, 0.6) is 11.8 Å². The summed E-state index contributed by atoms with van der Waals surface area (Å²) < 4.78 is 10.8. The van der Waals surface area contributed by atoms with Crippen LogP contribution < -0.4 is 20.9 Å². The molecule has 1 aromatic rings. The van der Waals surface area contributed by atoms with E-state index in [1.165, 1.54) is 7.11 Å². The molecule has 1 aromatic heterocycles. The van der Waals surface area contributed by atoms with E-state index in [9.17, 15) is 4.79 Å². The topological polar surface area (TPSA) is 100 Å². The number of hydrogen-bond acceptors (Lipinski definition) is 5. The fraction of sp³-hybridized carbons (Fsp3) is 0.538. The van der Waals surface area contributed by atoms with E-state index < -0.39 is 5.91 Å². The number of methoxy groups -OCH3 is 1. The average molecular weight is 265 g/mol. The second-order valence-corrected chi connectivity index (χ2v) is 4.73. The van der Waals surface area contributed by atoms with E-state index in [-0.39, 0.29) is 23.6 Å². The quantitative estimate of drug-likeness (QED) is 0.840. The Morgan fingerprint density at radius 1 is 1.32 bits per heavy atom. The molecule has 0 aromatic carbocycles. The molecule has 104 valence electrons. The molecule has 1 aliphatic carbocycles. The number of nitrogens with zero attached hydrogens (tertiary/aromatic N) is 1. The summed E-state index contributed by atoms with van der Waals surface area (Å²) in [6.07, 6.45) is 3.58. The lowest BCUT2D eigenvalue weighted by atomic mass is 9.94. The van der Waals surface area contributed by atoms with Gasteiger partial charge in [0, 0.05) is 12.1 Å². The van der Waals surface area contributed by atoms with E-state index in [2.05, 4.69) is 4.98 Å². The van der Waals surface area contributed by atoms with Gasteiger partial charge in [-0.2, -0.15) is 4.98 Å². The Labute approximate surface area is 112 Å². The number of primary amides is 1. The van der Waals surface area contributed by atoms with Crippen LogP contribution in [-0.2, 0) is 0 Å². The molecule has 1 amide bonds. The van der Waals surface area contributed by atoms with Gasteiger partial charge in [-0.05, 0) is 31.7 Å². The third-order valence-corrected chi connectivity index (χ3v) is 3.31. The molecule has 0 atom stereocenters. The summed E-state index contributed by atoms with van der Waals surface area (Å²) >= 11 is 0. The number of hydrogen-bond donors (Lipinski definition) is 2. The Morgan fingerprint density at radius 2 is 2.00 bits per heavy atom. The van der Waals surface area contributed by atoms with Crippen LogP contribution in [0.4, 0.5) is 0 Å². The third kappa shape index (κ3) is 3.35. The van der Waals surface area contributed by atoms with Crippen LogP contribution in [-0.4, -0.2) is 30.1 Å². The molecule has 19 heavy (non-hydrogen) atoms. The first-order valence-corrected chi connectivity index (χ1v) is 6.37. The van der Waals surface area contributed by atoms with Crippen molar-refractivity contribution in [3.8, 4) is 11.8 Å². The Morgan fingerprint density at radius 3 is 2.58 bits per heavy atom. The highest BCUT2D eigenvalue weighted by Crippen LogP contribution is 2.26. The van der Waals surface area contributed by atoms with Gasteiger partial charge in [-0.15, -0.1) is 0 Å². The maximum absolute atomic E-state index is 11.4. The number of ether oxygens (including phenoxy) is 2. The molecule has 2 rings (SSSR count). The first-order valence-electron chi connectivity index (χ1n) is 6.37. The van der Waals surface area contributed by atoms with E-state index in [0.717, 1.165) is 25.7 Å². The maximum atomic E-state index is 11.4. The fourth-order valence-electron chi connectivity index (χ4n) is 2.18. The molecule has 6 nitrogen and oxygen atoms in total. The van der Waals surface area contributed by atoms with Crippen LogP contribution in [0.1, 0.15) is 36.0 Å². The lowest BCUT2D eigenvalue weighted by Gasteiger charge is -2.26. The van der Waals surface area contributed by atoms with Gasteiger partial charge < -0.3 is 20.9 Å². The minimum Gasteiger partial charge on any atom is -0.481 e. The smallest absolute Gasteiger partial charge is 0.254 e. The predicted molar refractivity (Wildman–Crippen MR) is 70.2 cm³/mol. The van der Waals surface area contributed by atoms with E-state index in [1.54, 1.807) is 12.1 Å². The first kappa shape index (κ1) is 13.6. The average Bonchev–Trinajstić information content (AvgIpc) is 2.41. The van der Waals surface area contributed by atoms with Crippen molar-refractivity contribution in [2.45, 2.75) is 37.8 Å². The van der Waals surface area contributed by atoms with E-state index in [1.807, 2.05) is 0 Å².